The quantitative estimate of drug-likeness (QED) is 0.0455. The maximum Gasteiger partial charge on any atom is 0.450 e. The van der Waals surface area contributed by atoms with Crippen molar-refractivity contribution in [2.24, 2.45) is 0 Å². The van der Waals surface area contributed by atoms with E-state index in [0.717, 1.165) is 57.9 Å². The van der Waals surface area contributed by atoms with Crippen LogP contribution in [0, 0.1) is 0 Å². The lowest BCUT2D eigenvalue weighted by Crippen LogP contribution is -2.71. The van der Waals surface area contributed by atoms with Crippen LogP contribution >= 0.6 is 0 Å². The normalized spacial score (nSPS) is 13.9. The van der Waals surface area contributed by atoms with Crippen molar-refractivity contribution in [3.8, 4) is 28.2 Å². The highest BCUT2D eigenvalue weighted by molar-refractivity contribution is 8.12. The smallest absolute Gasteiger partial charge is 0.450 e. The van der Waals surface area contributed by atoms with Gasteiger partial charge in [-0.2, -0.15) is 34.8 Å². The first-order valence-corrected chi connectivity index (χ1v) is 28.8. The van der Waals surface area contributed by atoms with Gasteiger partial charge in [-0.25, -0.2) is 21.8 Å². The van der Waals surface area contributed by atoms with Gasteiger partial charge in [0.2, 0.25) is 11.0 Å². The molecule has 0 bridgehead atoms. The third kappa shape index (κ3) is 10.7. The number of benzene rings is 6. The average Bonchev–Trinajstić information content (AvgIpc) is 3.34. The van der Waals surface area contributed by atoms with Crippen LogP contribution in [0.3, 0.4) is 0 Å². The fourth-order valence-corrected chi connectivity index (χ4v) is 12.7. The highest BCUT2D eigenvalue weighted by Gasteiger charge is 2.81. The standard InChI is InChI=1S/C56H58F6N3O8S3/c1-11-36(10)37-22-26-40(27-23-37)73-76(70,71)56(61,62)54(57,58)55(59,60)75(68,69)65-74(66,67)50-21-13-12-16-47(50)51-45-28-24-38(63-52-41(32(2)3)17-14-18-42(52)33(4)5)30-48(45)72-49-31-39(25-29-46(49)51)64-53-43(34(6)7)19-15-20-44(53)35(8)9/h12-36,63H,11H2,1-10H3/q-1/p+1. The molecule has 406 valence electrons. The minimum Gasteiger partial charge on any atom is -0.456 e. The monoisotopic (exact) mass is 1110 g/mol. The van der Waals surface area contributed by atoms with Crippen LogP contribution in [0.25, 0.3) is 37.5 Å². The maximum absolute atomic E-state index is 15.8. The molecule has 1 aliphatic carbocycles. The summed E-state index contributed by atoms with van der Waals surface area (Å²) >= 11 is 0. The first-order valence-electron chi connectivity index (χ1n) is 24.5. The Hall–Kier alpha value is -6.22. The van der Waals surface area contributed by atoms with Crippen molar-refractivity contribution < 1.29 is 65.2 Å². The Morgan fingerprint density at radius 3 is 1.72 bits per heavy atom. The summed E-state index contributed by atoms with van der Waals surface area (Å²) in [7, 11) is -20.9. The van der Waals surface area contributed by atoms with Gasteiger partial charge >= 0.3 is 26.5 Å². The topological polar surface area (TPSA) is 165 Å². The number of hydrogen-bond donors (Lipinski definition) is 2. The fourth-order valence-electron chi connectivity index (χ4n) is 8.88. The molecule has 0 aromatic heterocycles. The van der Waals surface area contributed by atoms with Crippen LogP contribution in [0.4, 0.5) is 43.4 Å². The molecule has 11 nitrogen and oxygen atoms in total. The summed E-state index contributed by atoms with van der Waals surface area (Å²) in [5, 5.41) is -9.91. The van der Waals surface area contributed by atoms with E-state index >= 15 is 26.3 Å². The van der Waals surface area contributed by atoms with E-state index in [2.05, 4.69) is 18.6 Å². The Bertz CT molecular complexity index is 3640. The molecular formula is C56H59F6N3O8S3. The highest BCUT2D eigenvalue weighted by atomic mass is 32.3. The number of fused-ring (bicyclic) bond motifs is 2. The van der Waals surface area contributed by atoms with Crippen LogP contribution in [-0.4, -0.2) is 41.7 Å². The van der Waals surface area contributed by atoms with Crippen LogP contribution in [0.15, 0.2) is 131 Å². The molecule has 0 radical (unpaired) electrons. The van der Waals surface area contributed by atoms with Crippen molar-refractivity contribution in [2.75, 3.05) is 5.32 Å². The molecule has 7 rings (SSSR count). The van der Waals surface area contributed by atoms with E-state index in [1.807, 2.05) is 98.7 Å². The summed E-state index contributed by atoms with van der Waals surface area (Å²) in [5.74, 6) is -7.93. The molecule has 1 heterocycles. The molecule has 1 unspecified atom stereocenters. The van der Waals surface area contributed by atoms with Gasteiger partial charge in [-0.15, -0.1) is 0 Å². The molecule has 20 heteroatoms. The summed E-state index contributed by atoms with van der Waals surface area (Å²) in [5.41, 5.74) is 6.85. The molecular weight excluding hydrogens is 1050 g/mol. The molecule has 5 aromatic carbocycles. The summed E-state index contributed by atoms with van der Waals surface area (Å²) in [6, 6.07) is 30.2. The van der Waals surface area contributed by atoms with Gasteiger partial charge in [0.05, 0.1) is 11.0 Å². The van der Waals surface area contributed by atoms with Gasteiger partial charge in [0, 0.05) is 56.7 Å². The summed E-state index contributed by atoms with van der Waals surface area (Å²) in [4.78, 5) is 2.40. The largest absolute Gasteiger partial charge is 0.456 e. The Morgan fingerprint density at radius 2 is 1.17 bits per heavy atom. The molecule has 0 spiro atoms. The number of para-hydroxylation sites is 2. The van der Waals surface area contributed by atoms with E-state index in [1.165, 1.54) is 24.3 Å². The van der Waals surface area contributed by atoms with Crippen molar-refractivity contribution in [1.29, 1.82) is 0 Å². The van der Waals surface area contributed by atoms with Crippen LogP contribution < -0.4 is 19.8 Å². The van der Waals surface area contributed by atoms with Gasteiger partial charge in [0.15, 0.2) is 10.0 Å². The van der Waals surface area contributed by atoms with Crippen molar-refractivity contribution >= 4 is 58.2 Å². The lowest BCUT2D eigenvalue weighted by Gasteiger charge is -2.35. The average molecular weight is 1110 g/mol. The minimum atomic E-state index is -7.63. The second-order valence-corrected chi connectivity index (χ2v) is 25.0. The SMILES string of the molecule is CCC(C)c1ccc(OS(=O)(=O)C(F)(F)C(F)(F)C(F)(F)S(=O)(=O)[N-]S(=O)(=O)c2ccccc2-c2c3ccc(=[NH+]c4c(C(C)C)cccc4C(C)C)cc-3oc3cc(Nc4c(C(C)C)cccc4C(C)C)ccc23)cc1. The molecule has 1 aliphatic heterocycles. The fraction of sp³-hybridized carbons (Fsp3) is 0.339. The van der Waals surface area contributed by atoms with Gasteiger partial charge < -0.3 is 18.0 Å². The lowest BCUT2D eigenvalue weighted by atomic mass is 9.92. The highest BCUT2D eigenvalue weighted by Crippen LogP contribution is 2.54. The number of nitrogens with zero attached hydrogens (tertiary/aromatic N) is 1. The van der Waals surface area contributed by atoms with E-state index in [0.29, 0.717) is 23.0 Å². The zero-order valence-corrected chi connectivity index (χ0v) is 45.8. The number of halogens is 6. The number of hydrogen-bond acceptors (Lipinski definition) is 9. The maximum atomic E-state index is 15.8. The van der Waals surface area contributed by atoms with Crippen molar-refractivity contribution in [1.82, 2.24) is 0 Å². The second-order valence-electron chi connectivity index (χ2n) is 19.9. The lowest BCUT2D eigenvalue weighted by molar-refractivity contribution is -0.404. The van der Waals surface area contributed by atoms with Crippen molar-refractivity contribution in [3.05, 3.63) is 159 Å². The van der Waals surface area contributed by atoms with Crippen LogP contribution in [0.2, 0.25) is 0 Å². The summed E-state index contributed by atoms with van der Waals surface area (Å²) in [6.45, 7) is 20.0. The number of rotatable bonds is 19. The molecule has 2 N–H and O–H groups in total. The van der Waals surface area contributed by atoms with E-state index in [-0.39, 0.29) is 63.0 Å². The third-order valence-electron chi connectivity index (χ3n) is 13.3. The van der Waals surface area contributed by atoms with E-state index in [1.54, 1.807) is 43.3 Å². The van der Waals surface area contributed by atoms with Crippen LogP contribution in [0.5, 0.6) is 5.75 Å². The molecule has 0 amide bonds. The van der Waals surface area contributed by atoms with Crippen molar-refractivity contribution in [3.63, 3.8) is 0 Å². The van der Waals surface area contributed by atoms with E-state index < -0.39 is 57.2 Å². The number of sulfonamides is 2. The summed E-state index contributed by atoms with van der Waals surface area (Å²) in [6.07, 6.45) is 0.592. The first-order chi connectivity index (χ1) is 35.4. The molecule has 0 saturated heterocycles. The van der Waals surface area contributed by atoms with E-state index in [4.69, 9.17) is 4.42 Å². The first kappa shape index (κ1) is 57.5. The van der Waals surface area contributed by atoms with Gasteiger partial charge in [-0.1, -0.05) is 136 Å². The second kappa shape index (κ2) is 21.3. The number of alkyl halides is 6. The van der Waals surface area contributed by atoms with Gasteiger partial charge in [-0.05, 0) is 89.1 Å². The van der Waals surface area contributed by atoms with Crippen LogP contribution in [0.1, 0.15) is 133 Å². The molecule has 1 atom stereocenters. The zero-order chi connectivity index (χ0) is 56.1. The summed E-state index contributed by atoms with van der Waals surface area (Å²) < 4.78 is 187. The molecule has 76 heavy (non-hydrogen) atoms. The number of anilines is 2. The predicted octanol–water partition coefficient (Wildman–Crippen LogP) is 13.9. The van der Waals surface area contributed by atoms with Crippen molar-refractivity contribution in [2.45, 2.75) is 127 Å². The van der Waals surface area contributed by atoms with E-state index in [9.17, 15) is 25.3 Å². The van der Waals surface area contributed by atoms with Gasteiger partial charge in [-0.3, -0.25) is 0 Å². The van der Waals surface area contributed by atoms with Gasteiger partial charge in [0.25, 0.3) is 0 Å². The molecule has 0 fully saturated rings. The molecule has 5 aromatic rings. The zero-order valence-electron chi connectivity index (χ0n) is 43.3. The Balaban J connectivity index is 1.37. The molecule has 2 aliphatic rings. The Morgan fingerprint density at radius 1 is 0.618 bits per heavy atom. The minimum absolute atomic E-state index is 0.0288. The van der Waals surface area contributed by atoms with Gasteiger partial charge in [0.1, 0.15) is 27.1 Å². The molecule has 0 saturated carbocycles. The Kier molecular flexibility index (Phi) is 16.1. The third-order valence-corrected chi connectivity index (χ3v) is 18.0. The predicted molar refractivity (Wildman–Crippen MR) is 284 cm³/mol. The number of nitrogens with one attached hydrogen (secondary N) is 2. The van der Waals surface area contributed by atoms with Crippen LogP contribution in [-0.2, 0) is 30.2 Å². The Labute approximate surface area is 440 Å².